The predicted octanol–water partition coefficient (Wildman–Crippen LogP) is 8.61. The van der Waals surface area contributed by atoms with Gasteiger partial charge in [0.15, 0.2) is 0 Å². The molecule has 5 heterocycles. The van der Waals surface area contributed by atoms with Gasteiger partial charge in [-0.2, -0.15) is 0 Å². The SMILES string of the molecule is C.CC1(C)OB(B2OC(C)(C)C(C)(C)O2)OC1(C)C.CC1(C)OB(c2cccc(C(=O)Nc3ccccn3)c2)OC1(C)C.O=C(Nc1ccccn1)c1cccc(Br)c1. The van der Waals surface area contributed by atoms with E-state index in [1.54, 1.807) is 60.9 Å². The molecule has 0 unspecified atom stereocenters. The number of hydrogen-bond donors (Lipinski definition) is 2. The molecule has 3 saturated heterocycles. The summed E-state index contributed by atoms with van der Waals surface area (Å²) in [6.45, 7) is 24.2. The van der Waals surface area contributed by atoms with Crippen LogP contribution in [0.4, 0.5) is 11.6 Å². The molecule has 3 aliphatic heterocycles. The fourth-order valence-electron chi connectivity index (χ4n) is 5.69. The van der Waals surface area contributed by atoms with Gasteiger partial charge in [-0.05, 0) is 143 Å². The lowest BCUT2D eigenvalue weighted by Crippen LogP contribution is -2.41. The van der Waals surface area contributed by atoms with Gasteiger partial charge in [0.25, 0.3) is 11.8 Å². The van der Waals surface area contributed by atoms with Crippen molar-refractivity contribution in [3.8, 4) is 0 Å². The van der Waals surface area contributed by atoms with E-state index in [9.17, 15) is 9.59 Å². The highest BCUT2D eigenvalue weighted by Gasteiger charge is 2.63. The van der Waals surface area contributed by atoms with Crippen LogP contribution in [-0.2, 0) is 27.9 Å². The van der Waals surface area contributed by atoms with E-state index in [0.29, 0.717) is 22.8 Å². The lowest BCUT2D eigenvalue weighted by molar-refractivity contribution is 0.00578. The Kier molecular flexibility index (Phi) is 14.9. The van der Waals surface area contributed by atoms with Gasteiger partial charge in [-0.1, -0.05) is 53.7 Å². The van der Waals surface area contributed by atoms with Gasteiger partial charge in [0.2, 0.25) is 0 Å². The van der Waals surface area contributed by atoms with Crippen molar-refractivity contribution in [1.82, 2.24) is 9.97 Å². The predicted molar refractivity (Wildman–Crippen MR) is 240 cm³/mol. The Labute approximate surface area is 359 Å². The van der Waals surface area contributed by atoms with Crippen molar-refractivity contribution >= 4 is 66.0 Å². The second kappa shape index (κ2) is 18.4. The van der Waals surface area contributed by atoms with Crippen LogP contribution in [0, 0.1) is 0 Å². The fourth-order valence-corrected chi connectivity index (χ4v) is 6.08. The number of carbonyl (C=O) groups is 2. The van der Waals surface area contributed by atoms with Gasteiger partial charge in [-0.3, -0.25) is 9.59 Å². The van der Waals surface area contributed by atoms with Gasteiger partial charge < -0.3 is 38.6 Å². The summed E-state index contributed by atoms with van der Waals surface area (Å²) in [6.07, 6.45) is 3.27. The molecular formula is C43H58B3BrN4O8. The molecule has 314 valence electrons. The standard InChI is InChI=1S/C18H21BN2O3.C12H24B2O4.C12H9BrN2O.CH4/c1-17(2)18(3,4)24-19(23-17)14-9-7-8-13(12-14)16(22)21-15-10-5-6-11-20-15;1-9(2)10(3,4)16-13(15-9)14-17-11(5,6)12(7,8)18-14;13-10-5-3-4-9(8-10)12(16)15-11-6-1-2-7-14-11;/h5-12H,1-4H3,(H,20,21,22);1-8H3;1-8H,(H,14,15,16);1H4. The van der Waals surface area contributed by atoms with Gasteiger partial charge in [0.1, 0.15) is 11.6 Å². The zero-order valence-electron chi connectivity index (χ0n) is 35.5. The maximum Gasteiger partial charge on any atom is 0.494 e. The van der Waals surface area contributed by atoms with E-state index in [1.807, 2.05) is 119 Å². The third kappa shape index (κ3) is 11.5. The van der Waals surface area contributed by atoms with Gasteiger partial charge in [-0.25, -0.2) is 9.97 Å². The van der Waals surface area contributed by atoms with Crippen LogP contribution in [-0.4, -0.2) is 76.5 Å². The Bertz CT molecular complexity index is 1970. The van der Waals surface area contributed by atoms with Crippen LogP contribution in [0.5, 0.6) is 0 Å². The van der Waals surface area contributed by atoms with Gasteiger partial charge in [0.05, 0.1) is 33.6 Å². The maximum absolute atomic E-state index is 12.4. The maximum atomic E-state index is 12.4. The molecule has 2 amide bonds. The van der Waals surface area contributed by atoms with Crippen molar-refractivity contribution in [1.29, 1.82) is 0 Å². The Balaban J connectivity index is 0.000000199. The Hall–Kier alpha value is -3.89. The van der Waals surface area contributed by atoms with Gasteiger partial charge in [0, 0.05) is 28.0 Å². The van der Waals surface area contributed by atoms with E-state index in [2.05, 4.69) is 36.5 Å². The molecule has 0 radical (unpaired) electrons. The molecule has 0 atom stereocenters. The summed E-state index contributed by atoms with van der Waals surface area (Å²) >= 11 is 3.32. The Morgan fingerprint density at radius 2 is 0.881 bits per heavy atom. The molecule has 2 aromatic carbocycles. The lowest BCUT2D eigenvalue weighted by Gasteiger charge is -2.32. The minimum atomic E-state index is -0.488. The number of hydrogen-bond acceptors (Lipinski definition) is 10. The number of pyridine rings is 2. The minimum Gasteiger partial charge on any atom is -0.405 e. The fraction of sp³-hybridized carbons (Fsp3) is 0.442. The average Bonchev–Trinajstić information content (AvgIpc) is 3.62. The summed E-state index contributed by atoms with van der Waals surface area (Å²) < 4.78 is 36.8. The second-order valence-electron chi connectivity index (χ2n) is 17.3. The molecule has 2 N–H and O–H groups in total. The van der Waals surface area contributed by atoms with Crippen molar-refractivity contribution < 1.29 is 37.5 Å². The monoisotopic (exact) mass is 870 g/mol. The van der Waals surface area contributed by atoms with Gasteiger partial charge in [-0.15, -0.1) is 0 Å². The highest BCUT2D eigenvalue weighted by atomic mass is 79.9. The largest absolute Gasteiger partial charge is 0.494 e. The van der Waals surface area contributed by atoms with Crippen molar-refractivity contribution in [3.05, 3.63) is 113 Å². The molecule has 59 heavy (non-hydrogen) atoms. The summed E-state index contributed by atoms with van der Waals surface area (Å²) in [4.78, 5) is 32.3. The first kappa shape index (κ1) is 47.8. The quantitative estimate of drug-likeness (QED) is 0.181. The Morgan fingerprint density at radius 1 is 0.508 bits per heavy atom. The molecule has 0 spiro atoms. The zero-order valence-corrected chi connectivity index (χ0v) is 37.1. The third-order valence-corrected chi connectivity index (χ3v) is 11.8. The number of nitrogens with one attached hydrogen (secondary N) is 2. The number of nitrogens with zero attached hydrogens (tertiary/aromatic N) is 2. The molecule has 16 heteroatoms. The first-order valence-electron chi connectivity index (χ1n) is 19.3. The summed E-state index contributed by atoms with van der Waals surface area (Å²) in [7, 11) is -1.44. The zero-order chi connectivity index (χ0) is 42.7. The normalized spacial score (nSPS) is 19.9. The highest BCUT2D eigenvalue weighted by molar-refractivity contribution is 9.10. The molecule has 7 rings (SSSR count). The van der Waals surface area contributed by atoms with Crippen LogP contribution in [0.3, 0.4) is 0 Å². The molecule has 0 saturated carbocycles. The number of aromatic nitrogens is 2. The number of carbonyl (C=O) groups excluding carboxylic acids is 2. The van der Waals surface area contributed by atoms with E-state index in [0.717, 1.165) is 9.94 Å². The smallest absolute Gasteiger partial charge is 0.405 e. The molecule has 2 aromatic heterocycles. The van der Waals surface area contributed by atoms with Crippen LogP contribution in [0.25, 0.3) is 0 Å². The highest BCUT2D eigenvalue weighted by Crippen LogP contribution is 2.43. The van der Waals surface area contributed by atoms with Crippen LogP contribution in [0.15, 0.2) is 102 Å². The molecule has 0 aliphatic carbocycles. The third-order valence-electron chi connectivity index (χ3n) is 11.3. The van der Waals surface area contributed by atoms with Gasteiger partial charge >= 0.3 is 21.1 Å². The number of halogens is 1. The minimum absolute atomic E-state index is 0. The number of anilines is 2. The van der Waals surface area contributed by atoms with E-state index in [-0.39, 0.29) is 41.6 Å². The number of benzene rings is 2. The topological polar surface area (TPSA) is 139 Å². The molecule has 12 nitrogen and oxygen atoms in total. The summed E-state index contributed by atoms with van der Waals surface area (Å²) in [5.74, 6) is 0.683. The van der Waals surface area contributed by atoms with Crippen LogP contribution >= 0.6 is 15.9 Å². The molecule has 3 fully saturated rings. The van der Waals surface area contributed by atoms with E-state index >= 15 is 0 Å². The summed E-state index contributed by atoms with van der Waals surface area (Å²) in [5.41, 5.74) is -0.311. The number of rotatable bonds is 6. The summed E-state index contributed by atoms with van der Waals surface area (Å²) in [6, 6.07) is 25.2. The van der Waals surface area contributed by atoms with Crippen molar-refractivity contribution in [2.24, 2.45) is 0 Å². The average molecular weight is 871 g/mol. The van der Waals surface area contributed by atoms with Crippen LogP contribution in [0.2, 0.25) is 0 Å². The van der Waals surface area contributed by atoms with E-state index in [1.165, 1.54) is 0 Å². The molecular weight excluding hydrogens is 813 g/mol. The lowest BCUT2D eigenvalue weighted by atomic mass is 9.49. The second-order valence-corrected chi connectivity index (χ2v) is 18.2. The Morgan fingerprint density at radius 3 is 1.25 bits per heavy atom. The van der Waals surface area contributed by atoms with Crippen LogP contribution < -0.4 is 16.1 Å². The van der Waals surface area contributed by atoms with E-state index < -0.39 is 32.3 Å². The van der Waals surface area contributed by atoms with Crippen molar-refractivity contribution in [2.75, 3.05) is 10.6 Å². The van der Waals surface area contributed by atoms with Crippen molar-refractivity contribution in [3.63, 3.8) is 0 Å². The summed E-state index contributed by atoms with van der Waals surface area (Å²) in [5, 5.41) is 5.49. The molecule has 3 aliphatic rings. The van der Waals surface area contributed by atoms with Crippen LogP contribution in [0.1, 0.15) is 111 Å². The first-order chi connectivity index (χ1) is 26.9. The molecule has 0 bridgehead atoms. The van der Waals surface area contributed by atoms with E-state index in [4.69, 9.17) is 27.9 Å². The number of amides is 2. The first-order valence-corrected chi connectivity index (χ1v) is 20.1. The molecule has 4 aromatic rings. The van der Waals surface area contributed by atoms with Crippen molar-refractivity contribution in [2.45, 2.75) is 124 Å².